The molecule has 5 rings (SSSR count). The van der Waals surface area contributed by atoms with Gasteiger partial charge in [-0.05, 0) is 42.7 Å². The van der Waals surface area contributed by atoms with E-state index in [0.29, 0.717) is 28.2 Å². The number of rotatable bonds is 3. The van der Waals surface area contributed by atoms with Crippen molar-refractivity contribution in [2.45, 2.75) is 18.8 Å². The molecule has 1 aliphatic carbocycles. The Balaban J connectivity index is 1.84. The predicted molar refractivity (Wildman–Crippen MR) is 108 cm³/mol. The van der Waals surface area contributed by atoms with Crippen molar-refractivity contribution >= 4 is 5.65 Å². The van der Waals surface area contributed by atoms with Crippen LogP contribution in [0.5, 0.6) is 0 Å². The van der Waals surface area contributed by atoms with Crippen LogP contribution in [0.2, 0.25) is 0 Å². The average molecular weight is 402 g/mol. The zero-order chi connectivity index (χ0) is 21.0. The molecule has 1 saturated carbocycles. The number of aromatic nitrogens is 3. The van der Waals surface area contributed by atoms with Crippen LogP contribution in [-0.4, -0.2) is 14.2 Å². The summed E-state index contributed by atoms with van der Waals surface area (Å²) in [5, 5.41) is 13.5. The van der Waals surface area contributed by atoms with Gasteiger partial charge in [0, 0.05) is 30.7 Å². The number of fused-ring (bicyclic) bond motifs is 1. The van der Waals surface area contributed by atoms with Crippen LogP contribution in [0.4, 0.5) is 8.78 Å². The molecule has 30 heavy (non-hydrogen) atoms. The van der Waals surface area contributed by atoms with Crippen molar-refractivity contribution in [3.05, 3.63) is 81.8 Å². The summed E-state index contributed by atoms with van der Waals surface area (Å²) in [6, 6.07) is 13.9. The van der Waals surface area contributed by atoms with Gasteiger partial charge in [0.1, 0.15) is 17.3 Å². The third-order valence-electron chi connectivity index (χ3n) is 5.51. The van der Waals surface area contributed by atoms with E-state index in [0.717, 1.165) is 24.5 Å². The first-order valence-corrected chi connectivity index (χ1v) is 9.56. The molecule has 0 aliphatic heterocycles. The second kappa shape index (κ2) is 6.63. The van der Waals surface area contributed by atoms with Gasteiger partial charge in [-0.25, -0.2) is 8.78 Å². The van der Waals surface area contributed by atoms with Crippen LogP contribution < -0.4 is 5.56 Å². The highest BCUT2D eigenvalue weighted by molar-refractivity contribution is 5.83. The summed E-state index contributed by atoms with van der Waals surface area (Å²) in [4.78, 5) is 12.9. The molecule has 4 aromatic rings. The van der Waals surface area contributed by atoms with E-state index >= 15 is 0 Å². The van der Waals surface area contributed by atoms with Crippen molar-refractivity contribution in [1.82, 2.24) is 14.2 Å². The van der Waals surface area contributed by atoms with E-state index in [9.17, 15) is 13.6 Å². The Kier molecular flexibility index (Phi) is 4.03. The molecule has 0 unspecified atom stereocenters. The Labute approximate surface area is 170 Å². The molecular weight excluding hydrogens is 386 g/mol. The molecule has 0 spiro atoms. The molecule has 0 saturated heterocycles. The fourth-order valence-corrected chi connectivity index (χ4v) is 3.86. The van der Waals surface area contributed by atoms with Gasteiger partial charge >= 0.3 is 0 Å². The summed E-state index contributed by atoms with van der Waals surface area (Å²) in [5.74, 6) is -1.20. The Bertz CT molecular complexity index is 1410. The molecule has 148 valence electrons. The van der Waals surface area contributed by atoms with Crippen molar-refractivity contribution in [3.8, 4) is 28.5 Å². The molecule has 0 bridgehead atoms. The number of nitriles is 1. The molecule has 1 aliphatic rings. The van der Waals surface area contributed by atoms with Crippen molar-refractivity contribution in [1.29, 1.82) is 5.26 Å². The largest absolute Gasteiger partial charge is 0.328 e. The van der Waals surface area contributed by atoms with E-state index in [1.165, 1.54) is 22.7 Å². The SMILES string of the molecule is Cn1c(-c2ccc(C#N)cc2)cc(=O)n2nc(C3CC3)c(-c3ccc(F)cc3F)c12. The zero-order valence-electron chi connectivity index (χ0n) is 16.1. The van der Waals surface area contributed by atoms with Gasteiger partial charge in [-0.3, -0.25) is 4.79 Å². The van der Waals surface area contributed by atoms with E-state index < -0.39 is 11.6 Å². The number of hydrogen-bond acceptors (Lipinski definition) is 3. The molecule has 7 heteroatoms. The summed E-state index contributed by atoms with van der Waals surface area (Å²) in [6.07, 6.45) is 1.83. The second-order valence-electron chi connectivity index (χ2n) is 7.51. The molecule has 1 fully saturated rings. The first-order valence-electron chi connectivity index (χ1n) is 9.56. The van der Waals surface area contributed by atoms with Crippen LogP contribution in [0.1, 0.15) is 30.0 Å². The van der Waals surface area contributed by atoms with Crippen molar-refractivity contribution < 1.29 is 8.78 Å². The fourth-order valence-electron chi connectivity index (χ4n) is 3.86. The first kappa shape index (κ1) is 18.3. The summed E-state index contributed by atoms with van der Waals surface area (Å²) in [5.41, 5.74) is 3.39. The van der Waals surface area contributed by atoms with E-state index in [-0.39, 0.29) is 17.0 Å². The summed E-state index contributed by atoms with van der Waals surface area (Å²) < 4.78 is 31.4. The van der Waals surface area contributed by atoms with Crippen molar-refractivity contribution in [2.75, 3.05) is 0 Å². The topological polar surface area (TPSA) is 63.1 Å². The molecule has 2 heterocycles. The summed E-state index contributed by atoms with van der Waals surface area (Å²) in [6.45, 7) is 0. The van der Waals surface area contributed by atoms with E-state index in [2.05, 4.69) is 11.2 Å². The molecule has 5 nitrogen and oxygen atoms in total. The highest BCUT2D eigenvalue weighted by Gasteiger charge is 2.33. The maximum absolute atomic E-state index is 14.7. The van der Waals surface area contributed by atoms with Crippen LogP contribution in [0.25, 0.3) is 28.0 Å². The summed E-state index contributed by atoms with van der Waals surface area (Å²) >= 11 is 0. The number of benzene rings is 2. The molecule has 0 radical (unpaired) electrons. The normalized spacial score (nSPS) is 13.5. The lowest BCUT2D eigenvalue weighted by Crippen LogP contribution is -2.18. The van der Waals surface area contributed by atoms with Crippen molar-refractivity contribution in [3.63, 3.8) is 0 Å². The minimum Gasteiger partial charge on any atom is -0.328 e. The Morgan fingerprint density at radius 3 is 2.47 bits per heavy atom. The Morgan fingerprint density at radius 2 is 1.83 bits per heavy atom. The minimum absolute atomic E-state index is 0.155. The molecule has 0 atom stereocenters. The van der Waals surface area contributed by atoms with E-state index in [1.54, 1.807) is 35.9 Å². The smallest absolute Gasteiger partial charge is 0.274 e. The third-order valence-corrected chi connectivity index (χ3v) is 5.51. The highest BCUT2D eigenvalue weighted by atomic mass is 19.1. The van der Waals surface area contributed by atoms with Gasteiger partial charge in [0.05, 0.1) is 28.6 Å². The lowest BCUT2D eigenvalue weighted by molar-refractivity contribution is 0.585. The molecular formula is C23H16F2N4O. The van der Waals surface area contributed by atoms with Gasteiger partial charge in [0.15, 0.2) is 0 Å². The number of aryl methyl sites for hydroxylation is 1. The van der Waals surface area contributed by atoms with Crippen LogP contribution in [0.15, 0.2) is 53.3 Å². The lowest BCUT2D eigenvalue weighted by atomic mass is 10.0. The van der Waals surface area contributed by atoms with E-state index in [1.807, 2.05) is 0 Å². The fraction of sp³-hybridized carbons (Fsp3) is 0.174. The van der Waals surface area contributed by atoms with Crippen LogP contribution >= 0.6 is 0 Å². The predicted octanol–water partition coefficient (Wildman–Crippen LogP) is 4.39. The van der Waals surface area contributed by atoms with E-state index in [4.69, 9.17) is 5.26 Å². The summed E-state index contributed by atoms with van der Waals surface area (Å²) in [7, 11) is 1.78. The monoisotopic (exact) mass is 402 g/mol. The minimum atomic E-state index is -0.692. The third kappa shape index (κ3) is 2.80. The van der Waals surface area contributed by atoms with Crippen LogP contribution in [0.3, 0.4) is 0 Å². The lowest BCUT2D eigenvalue weighted by Gasteiger charge is -2.13. The Morgan fingerprint density at radius 1 is 1.10 bits per heavy atom. The number of nitrogens with zero attached hydrogens (tertiary/aromatic N) is 4. The van der Waals surface area contributed by atoms with Crippen molar-refractivity contribution in [2.24, 2.45) is 7.05 Å². The van der Waals surface area contributed by atoms with Gasteiger partial charge < -0.3 is 4.57 Å². The maximum atomic E-state index is 14.7. The van der Waals surface area contributed by atoms with Crippen LogP contribution in [-0.2, 0) is 7.05 Å². The molecule has 2 aromatic carbocycles. The highest BCUT2D eigenvalue weighted by Crippen LogP contribution is 2.45. The molecule has 0 amide bonds. The average Bonchev–Trinajstić information content (AvgIpc) is 3.51. The van der Waals surface area contributed by atoms with Gasteiger partial charge in [0.2, 0.25) is 0 Å². The maximum Gasteiger partial charge on any atom is 0.274 e. The van der Waals surface area contributed by atoms with Gasteiger partial charge in [-0.15, -0.1) is 0 Å². The first-order chi connectivity index (χ1) is 14.5. The second-order valence-corrected chi connectivity index (χ2v) is 7.51. The number of halogens is 2. The van der Waals surface area contributed by atoms with Gasteiger partial charge in [-0.1, -0.05) is 12.1 Å². The van der Waals surface area contributed by atoms with Gasteiger partial charge in [0.25, 0.3) is 5.56 Å². The molecule has 2 aromatic heterocycles. The van der Waals surface area contributed by atoms with Crippen LogP contribution in [0, 0.1) is 23.0 Å². The Hall–Kier alpha value is -3.79. The zero-order valence-corrected chi connectivity index (χ0v) is 16.1. The molecule has 0 N–H and O–H groups in total. The quantitative estimate of drug-likeness (QED) is 0.510. The standard InChI is InChI=1S/C23H16F2N4O/c1-28-19(14-4-2-13(12-26)3-5-14)11-20(30)29-23(28)21(22(27-29)15-6-7-15)17-9-8-16(24)10-18(17)25/h2-5,8-11,15H,6-7H2,1H3. The number of hydrogen-bond donors (Lipinski definition) is 0. The van der Waals surface area contributed by atoms with Gasteiger partial charge in [-0.2, -0.15) is 14.9 Å².